The zero-order chi connectivity index (χ0) is 23.5. The van der Waals surface area contributed by atoms with Gasteiger partial charge in [0, 0.05) is 12.2 Å². The molecule has 1 amide bonds. The predicted octanol–water partition coefficient (Wildman–Crippen LogP) is 4.53. The fourth-order valence-corrected chi connectivity index (χ4v) is 4.48. The third kappa shape index (κ3) is 4.32. The van der Waals surface area contributed by atoms with Crippen molar-refractivity contribution >= 4 is 23.5 Å². The molecule has 0 bridgehead atoms. The number of carbonyl (C=O) groups is 1. The summed E-state index contributed by atoms with van der Waals surface area (Å²) in [6.45, 7) is 8.74. The van der Waals surface area contributed by atoms with Gasteiger partial charge in [0.2, 0.25) is 5.91 Å². The van der Waals surface area contributed by atoms with Gasteiger partial charge in [0.15, 0.2) is 11.0 Å². The normalized spacial score (nSPS) is 11.0. The highest BCUT2D eigenvalue weighted by Crippen LogP contribution is 2.29. The van der Waals surface area contributed by atoms with Crippen LogP contribution in [-0.4, -0.2) is 31.0 Å². The molecule has 0 saturated heterocycles. The SMILES string of the molecule is CCn1c(SCC(=O)Nc2c(C#N)c(C)c(C)n2Cc2ccco2)nnc1-c1ccoc1C. The fourth-order valence-electron chi connectivity index (χ4n) is 3.68. The van der Waals surface area contributed by atoms with Gasteiger partial charge in [-0.2, -0.15) is 5.26 Å². The molecule has 4 heterocycles. The van der Waals surface area contributed by atoms with Gasteiger partial charge in [-0.3, -0.25) is 4.79 Å². The van der Waals surface area contributed by atoms with Crippen LogP contribution in [0.5, 0.6) is 0 Å². The van der Waals surface area contributed by atoms with Crippen LogP contribution in [0.4, 0.5) is 5.82 Å². The van der Waals surface area contributed by atoms with Crippen LogP contribution in [0.25, 0.3) is 11.4 Å². The molecular weight excluding hydrogens is 440 g/mol. The van der Waals surface area contributed by atoms with Crippen molar-refractivity contribution in [3.05, 3.63) is 59.1 Å². The molecule has 0 atom stereocenters. The third-order valence-electron chi connectivity index (χ3n) is 5.56. The lowest BCUT2D eigenvalue weighted by Crippen LogP contribution is -2.19. The molecule has 4 rings (SSSR count). The smallest absolute Gasteiger partial charge is 0.235 e. The van der Waals surface area contributed by atoms with Crippen molar-refractivity contribution in [1.29, 1.82) is 5.26 Å². The van der Waals surface area contributed by atoms with E-state index < -0.39 is 0 Å². The Morgan fingerprint density at radius 1 is 1.18 bits per heavy atom. The number of nitrogens with zero attached hydrogens (tertiary/aromatic N) is 5. The van der Waals surface area contributed by atoms with Crippen LogP contribution in [0.15, 0.2) is 44.7 Å². The van der Waals surface area contributed by atoms with Crippen molar-refractivity contribution in [2.45, 2.75) is 45.9 Å². The molecule has 0 unspecified atom stereocenters. The van der Waals surface area contributed by atoms with Crippen molar-refractivity contribution < 1.29 is 13.6 Å². The van der Waals surface area contributed by atoms with E-state index in [1.165, 1.54) is 11.8 Å². The summed E-state index contributed by atoms with van der Waals surface area (Å²) in [5, 5.41) is 21.8. The fraction of sp³-hybridized carbons (Fsp3) is 0.304. The van der Waals surface area contributed by atoms with Gasteiger partial charge in [0.05, 0.1) is 36.0 Å². The maximum Gasteiger partial charge on any atom is 0.235 e. The van der Waals surface area contributed by atoms with Crippen molar-refractivity contribution in [3.8, 4) is 17.5 Å². The first kappa shape index (κ1) is 22.5. The Morgan fingerprint density at radius 3 is 2.64 bits per heavy atom. The summed E-state index contributed by atoms with van der Waals surface area (Å²) in [4.78, 5) is 12.9. The summed E-state index contributed by atoms with van der Waals surface area (Å²) in [7, 11) is 0. The molecule has 0 fully saturated rings. The average molecular weight is 465 g/mol. The summed E-state index contributed by atoms with van der Waals surface area (Å²) in [6.07, 6.45) is 3.22. The summed E-state index contributed by atoms with van der Waals surface area (Å²) in [6, 6.07) is 7.74. The molecule has 0 aliphatic heterocycles. The first-order valence-corrected chi connectivity index (χ1v) is 11.5. The monoisotopic (exact) mass is 464 g/mol. The second-order valence-electron chi connectivity index (χ2n) is 7.49. The van der Waals surface area contributed by atoms with E-state index in [0.717, 1.165) is 28.3 Å². The number of nitrogens with one attached hydrogen (secondary N) is 1. The predicted molar refractivity (Wildman–Crippen MR) is 124 cm³/mol. The molecule has 0 aliphatic carbocycles. The molecule has 0 aromatic carbocycles. The Hall–Kier alpha value is -3.71. The highest BCUT2D eigenvalue weighted by molar-refractivity contribution is 7.99. The van der Waals surface area contributed by atoms with E-state index in [2.05, 4.69) is 21.6 Å². The summed E-state index contributed by atoms with van der Waals surface area (Å²) in [5.74, 6) is 2.57. The van der Waals surface area contributed by atoms with Gasteiger partial charge in [-0.05, 0) is 51.5 Å². The Morgan fingerprint density at radius 2 is 2.00 bits per heavy atom. The molecule has 4 aromatic rings. The second-order valence-corrected chi connectivity index (χ2v) is 8.43. The van der Waals surface area contributed by atoms with Crippen molar-refractivity contribution in [1.82, 2.24) is 19.3 Å². The Labute approximate surface area is 195 Å². The maximum absolute atomic E-state index is 12.9. The minimum atomic E-state index is -0.235. The number of carbonyl (C=O) groups excluding carboxylic acids is 1. The number of hydrogen-bond donors (Lipinski definition) is 1. The van der Waals surface area contributed by atoms with Crippen LogP contribution in [-0.2, 0) is 17.9 Å². The van der Waals surface area contributed by atoms with Crippen LogP contribution in [0, 0.1) is 32.1 Å². The summed E-state index contributed by atoms with van der Waals surface area (Å²) < 4.78 is 14.7. The molecule has 0 spiro atoms. The highest BCUT2D eigenvalue weighted by atomic mass is 32.2. The number of nitriles is 1. The minimum Gasteiger partial charge on any atom is -0.469 e. The Balaban J connectivity index is 1.52. The zero-order valence-corrected chi connectivity index (χ0v) is 19.7. The topological polar surface area (TPSA) is 115 Å². The lowest BCUT2D eigenvalue weighted by molar-refractivity contribution is -0.113. The van der Waals surface area contributed by atoms with Crippen molar-refractivity contribution in [2.75, 3.05) is 11.1 Å². The molecule has 9 nitrogen and oxygen atoms in total. The molecule has 10 heteroatoms. The van der Waals surface area contributed by atoms with E-state index in [1.807, 2.05) is 55.0 Å². The number of anilines is 1. The second kappa shape index (κ2) is 9.42. The van der Waals surface area contributed by atoms with Gasteiger partial charge in [-0.1, -0.05) is 11.8 Å². The van der Waals surface area contributed by atoms with Crippen LogP contribution in [0.1, 0.15) is 35.3 Å². The maximum atomic E-state index is 12.9. The van der Waals surface area contributed by atoms with Crippen LogP contribution < -0.4 is 5.32 Å². The highest BCUT2D eigenvalue weighted by Gasteiger charge is 2.22. The van der Waals surface area contributed by atoms with E-state index in [1.54, 1.807) is 12.5 Å². The molecule has 33 heavy (non-hydrogen) atoms. The number of aryl methyl sites for hydroxylation is 1. The quantitative estimate of drug-likeness (QED) is 0.381. The number of aromatic nitrogens is 4. The van der Waals surface area contributed by atoms with Gasteiger partial charge in [0.25, 0.3) is 0 Å². The minimum absolute atomic E-state index is 0.122. The Bertz CT molecular complexity index is 1320. The van der Waals surface area contributed by atoms with Gasteiger partial charge < -0.3 is 23.3 Å². The third-order valence-corrected chi connectivity index (χ3v) is 6.52. The Kier molecular flexibility index (Phi) is 6.42. The van der Waals surface area contributed by atoms with E-state index in [9.17, 15) is 10.1 Å². The zero-order valence-electron chi connectivity index (χ0n) is 18.9. The number of rotatable bonds is 8. The first-order valence-electron chi connectivity index (χ1n) is 10.5. The number of thioether (sulfide) groups is 1. The molecule has 0 radical (unpaired) electrons. The van der Waals surface area contributed by atoms with E-state index in [-0.39, 0.29) is 11.7 Å². The molecule has 0 aliphatic rings. The van der Waals surface area contributed by atoms with Gasteiger partial charge in [0.1, 0.15) is 23.4 Å². The van der Waals surface area contributed by atoms with Gasteiger partial charge >= 0.3 is 0 Å². The van der Waals surface area contributed by atoms with E-state index >= 15 is 0 Å². The van der Waals surface area contributed by atoms with Crippen LogP contribution in [0.3, 0.4) is 0 Å². The first-order chi connectivity index (χ1) is 15.9. The lowest BCUT2D eigenvalue weighted by Gasteiger charge is -2.12. The molecule has 170 valence electrons. The van der Waals surface area contributed by atoms with Crippen molar-refractivity contribution in [2.24, 2.45) is 0 Å². The summed E-state index contributed by atoms with van der Waals surface area (Å²) >= 11 is 1.29. The van der Waals surface area contributed by atoms with E-state index in [0.29, 0.717) is 35.5 Å². The largest absolute Gasteiger partial charge is 0.469 e. The molecule has 4 aromatic heterocycles. The van der Waals surface area contributed by atoms with Crippen LogP contribution in [0.2, 0.25) is 0 Å². The standard InChI is InChI=1S/C23H24N6O3S/c1-5-28-22(18-8-10-31-16(18)4)26-27-23(28)33-13-20(30)25-21-19(11-24)14(2)15(3)29(21)12-17-7-6-9-32-17/h6-10H,5,12-13H2,1-4H3,(H,25,30). The number of amides is 1. The van der Waals surface area contributed by atoms with Gasteiger partial charge in [-0.25, -0.2) is 0 Å². The van der Waals surface area contributed by atoms with Crippen LogP contribution >= 0.6 is 11.8 Å². The molecular formula is C23H24N6O3S. The summed E-state index contributed by atoms with van der Waals surface area (Å²) in [5.41, 5.74) is 3.06. The number of furan rings is 2. The lowest BCUT2D eigenvalue weighted by atomic mass is 10.2. The van der Waals surface area contributed by atoms with Crippen molar-refractivity contribution in [3.63, 3.8) is 0 Å². The number of hydrogen-bond acceptors (Lipinski definition) is 7. The average Bonchev–Trinajstić information content (AvgIpc) is 3.58. The molecule has 1 N–H and O–H groups in total. The molecule has 0 saturated carbocycles. The van der Waals surface area contributed by atoms with E-state index in [4.69, 9.17) is 8.83 Å². The van der Waals surface area contributed by atoms with Gasteiger partial charge in [-0.15, -0.1) is 10.2 Å².